The van der Waals surface area contributed by atoms with Gasteiger partial charge in [-0.15, -0.1) is 5.10 Å². The molecule has 2 bridgehead atoms. The summed E-state index contributed by atoms with van der Waals surface area (Å²) in [4.78, 5) is 45.8. The summed E-state index contributed by atoms with van der Waals surface area (Å²) in [6, 6.07) is 10.2. The number of aromatic amines is 1. The average Bonchev–Trinajstić information content (AvgIpc) is 3.68. The van der Waals surface area contributed by atoms with E-state index in [4.69, 9.17) is 16.3 Å². The van der Waals surface area contributed by atoms with Gasteiger partial charge in [0.05, 0.1) is 42.8 Å². The normalized spacial score (nSPS) is 17.1. The maximum atomic E-state index is 13.1. The fraction of sp³-hybridized carbons (Fsp3) is 0.276. The minimum Gasteiger partial charge on any atom is -0.469 e. The van der Waals surface area contributed by atoms with Crippen LogP contribution in [0.1, 0.15) is 49.2 Å². The molecule has 0 saturated carbocycles. The minimum absolute atomic E-state index is 0.0808. The zero-order valence-corrected chi connectivity index (χ0v) is 23.8. The number of carbonyl (C=O) groups excluding carboxylic acids is 3. The summed E-state index contributed by atoms with van der Waals surface area (Å²) >= 11 is 6.20. The van der Waals surface area contributed by atoms with Crippen molar-refractivity contribution in [2.24, 2.45) is 5.92 Å². The number of aromatic nitrogens is 6. The lowest BCUT2D eigenvalue weighted by atomic mass is 9.99. The number of methoxy groups -OCH3 is 1. The van der Waals surface area contributed by atoms with Gasteiger partial charge >= 0.3 is 5.97 Å². The van der Waals surface area contributed by atoms with Gasteiger partial charge in [-0.25, -0.2) is 4.98 Å². The van der Waals surface area contributed by atoms with Gasteiger partial charge in [-0.1, -0.05) is 37.1 Å². The zero-order chi connectivity index (χ0) is 29.6. The van der Waals surface area contributed by atoms with Crippen molar-refractivity contribution in [1.29, 1.82) is 0 Å². The monoisotopic (exact) mass is 588 g/mol. The van der Waals surface area contributed by atoms with Gasteiger partial charge < -0.3 is 20.4 Å². The number of hydrogen-bond donors (Lipinski definition) is 3. The number of benzene rings is 2. The first-order chi connectivity index (χ1) is 20.3. The number of nitrogens with zero attached hydrogens (tertiary/aromatic N) is 5. The van der Waals surface area contributed by atoms with Crippen LogP contribution >= 0.6 is 11.6 Å². The number of tetrazole rings is 1. The molecule has 0 unspecified atom stereocenters. The molecule has 0 spiro atoms. The first-order valence-corrected chi connectivity index (χ1v) is 13.8. The van der Waals surface area contributed by atoms with E-state index in [2.05, 4.69) is 36.1 Å². The maximum Gasteiger partial charge on any atom is 0.309 e. The van der Waals surface area contributed by atoms with E-state index in [0.29, 0.717) is 63.9 Å². The summed E-state index contributed by atoms with van der Waals surface area (Å²) < 4.78 is 6.27. The number of ether oxygens (including phenoxy) is 1. The SMILES string of the molecule is COC(=O)Cc1ccc2c(c1)NC(=O)[C@H](C)CCC[C@H](NC(=O)/C=C/c1cc(Cl)ccc1-n1cnnn1)c1ncc-2[nH]1. The summed E-state index contributed by atoms with van der Waals surface area (Å²) in [7, 11) is 1.34. The van der Waals surface area contributed by atoms with E-state index in [-0.39, 0.29) is 30.1 Å². The topological polar surface area (TPSA) is 157 Å². The van der Waals surface area contributed by atoms with Crippen molar-refractivity contribution < 1.29 is 19.1 Å². The molecule has 12 nitrogen and oxygen atoms in total. The van der Waals surface area contributed by atoms with Gasteiger partial charge in [-0.2, -0.15) is 4.68 Å². The fourth-order valence-electron chi connectivity index (χ4n) is 4.75. The van der Waals surface area contributed by atoms with Crippen LogP contribution in [0.3, 0.4) is 0 Å². The quantitative estimate of drug-likeness (QED) is 0.225. The number of hydrogen-bond acceptors (Lipinski definition) is 8. The van der Waals surface area contributed by atoms with Gasteiger partial charge in [0, 0.05) is 28.1 Å². The number of nitrogens with one attached hydrogen (secondary N) is 3. The third-order valence-electron chi connectivity index (χ3n) is 7.03. The molecular formula is C29H29ClN8O4. The number of halogens is 1. The number of anilines is 1. The molecule has 0 radical (unpaired) electrons. The Labute approximate surface area is 246 Å². The summed E-state index contributed by atoms with van der Waals surface area (Å²) in [5.74, 6) is -0.511. The summed E-state index contributed by atoms with van der Waals surface area (Å²) in [6.45, 7) is 1.87. The predicted octanol–water partition coefficient (Wildman–Crippen LogP) is 4.05. The second kappa shape index (κ2) is 12.8. The van der Waals surface area contributed by atoms with Crippen molar-refractivity contribution in [1.82, 2.24) is 35.5 Å². The molecule has 3 heterocycles. The first kappa shape index (κ1) is 28.7. The molecule has 1 aliphatic heterocycles. The molecule has 13 heteroatoms. The molecular weight excluding hydrogens is 560 g/mol. The standard InChI is InChI=1S/C29H29ClN8O4/c1-17-4-3-5-22(33-26(39)11-7-19-14-20(30)8-10-25(19)38-16-32-36-37-38)28-31-15-24(34-28)21-9-6-18(13-27(40)42-2)12-23(21)35-29(17)41/h6-12,14-17,22H,3-5,13H2,1-2H3,(H,31,34)(H,33,39)(H,35,41)/b11-7+/t17-,22+/m1/s1. The molecule has 5 rings (SSSR count). The van der Waals surface area contributed by atoms with Crippen LogP contribution in [-0.2, 0) is 25.5 Å². The van der Waals surface area contributed by atoms with Gasteiger partial charge in [0.15, 0.2) is 0 Å². The molecule has 216 valence electrons. The van der Waals surface area contributed by atoms with E-state index in [1.165, 1.54) is 24.2 Å². The number of H-pyrrole nitrogens is 1. The number of rotatable bonds is 6. The molecule has 0 saturated heterocycles. The lowest BCUT2D eigenvalue weighted by molar-refractivity contribution is -0.139. The van der Waals surface area contributed by atoms with E-state index < -0.39 is 6.04 Å². The predicted molar refractivity (Wildman–Crippen MR) is 155 cm³/mol. The lowest BCUT2D eigenvalue weighted by Crippen LogP contribution is -2.28. The highest BCUT2D eigenvalue weighted by atomic mass is 35.5. The maximum absolute atomic E-state index is 13.1. The molecule has 2 aromatic carbocycles. The third kappa shape index (κ3) is 6.72. The molecule has 4 aromatic rings. The molecule has 1 aliphatic rings. The second-order valence-electron chi connectivity index (χ2n) is 9.99. The van der Waals surface area contributed by atoms with E-state index in [9.17, 15) is 14.4 Å². The Morgan fingerprint density at radius 1 is 1.21 bits per heavy atom. The highest BCUT2D eigenvalue weighted by Gasteiger charge is 2.23. The molecule has 2 aromatic heterocycles. The highest BCUT2D eigenvalue weighted by Crippen LogP contribution is 2.31. The molecule has 3 N–H and O–H groups in total. The van der Waals surface area contributed by atoms with Crippen molar-refractivity contribution in [3.63, 3.8) is 0 Å². The molecule has 0 fully saturated rings. The fourth-order valence-corrected chi connectivity index (χ4v) is 4.93. The Kier molecular flexibility index (Phi) is 8.72. The Morgan fingerprint density at radius 2 is 2.07 bits per heavy atom. The van der Waals surface area contributed by atoms with E-state index in [1.807, 2.05) is 13.0 Å². The van der Waals surface area contributed by atoms with Crippen LogP contribution in [-0.4, -0.2) is 55.1 Å². The number of fused-ring (bicyclic) bond motifs is 4. The van der Waals surface area contributed by atoms with Crippen molar-refractivity contribution in [2.75, 3.05) is 12.4 Å². The lowest BCUT2D eigenvalue weighted by Gasteiger charge is -2.19. The summed E-state index contributed by atoms with van der Waals surface area (Å²) in [5.41, 5.74) is 3.97. The largest absolute Gasteiger partial charge is 0.469 e. The van der Waals surface area contributed by atoms with Crippen molar-refractivity contribution in [3.8, 4) is 16.9 Å². The van der Waals surface area contributed by atoms with Crippen LogP contribution in [0.4, 0.5) is 5.69 Å². The van der Waals surface area contributed by atoms with Gasteiger partial charge in [0.25, 0.3) is 0 Å². The van der Waals surface area contributed by atoms with Crippen molar-refractivity contribution in [2.45, 2.75) is 38.6 Å². The molecule has 2 atom stereocenters. The van der Waals surface area contributed by atoms with Gasteiger partial charge in [-0.05, 0) is 59.2 Å². The molecule has 42 heavy (non-hydrogen) atoms. The summed E-state index contributed by atoms with van der Waals surface area (Å²) in [6.07, 6.45) is 8.13. The van der Waals surface area contributed by atoms with Crippen LogP contribution in [0, 0.1) is 5.92 Å². The first-order valence-electron chi connectivity index (χ1n) is 13.4. The van der Waals surface area contributed by atoms with Crippen LogP contribution < -0.4 is 10.6 Å². The van der Waals surface area contributed by atoms with Gasteiger partial charge in [-0.3, -0.25) is 14.4 Å². The smallest absolute Gasteiger partial charge is 0.309 e. The Hall–Kier alpha value is -4.84. The van der Waals surface area contributed by atoms with Gasteiger partial charge in [0.2, 0.25) is 11.8 Å². The Bertz CT molecular complexity index is 1630. The number of esters is 1. The van der Waals surface area contributed by atoms with Crippen LogP contribution in [0.25, 0.3) is 23.0 Å². The third-order valence-corrected chi connectivity index (χ3v) is 7.26. The van der Waals surface area contributed by atoms with E-state index in [1.54, 1.807) is 42.6 Å². The van der Waals surface area contributed by atoms with Crippen LogP contribution in [0.2, 0.25) is 5.02 Å². The molecule has 0 aliphatic carbocycles. The number of amides is 2. The average molecular weight is 589 g/mol. The van der Waals surface area contributed by atoms with E-state index in [0.717, 1.165) is 0 Å². The Balaban J connectivity index is 1.40. The second-order valence-corrected chi connectivity index (χ2v) is 10.4. The number of carbonyl (C=O) groups is 3. The Morgan fingerprint density at radius 3 is 2.86 bits per heavy atom. The van der Waals surface area contributed by atoms with Crippen molar-refractivity contribution in [3.05, 3.63) is 77.0 Å². The van der Waals surface area contributed by atoms with E-state index >= 15 is 0 Å². The van der Waals surface area contributed by atoms with Crippen molar-refractivity contribution >= 4 is 41.1 Å². The van der Waals surface area contributed by atoms with Gasteiger partial charge in [0.1, 0.15) is 12.2 Å². The number of imidazole rings is 1. The zero-order valence-electron chi connectivity index (χ0n) is 23.0. The molecule has 2 amide bonds. The highest BCUT2D eigenvalue weighted by molar-refractivity contribution is 6.30. The van der Waals surface area contributed by atoms with Crippen LogP contribution in [0.15, 0.2) is 55.0 Å². The van der Waals surface area contributed by atoms with Crippen LogP contribution in [0.5, 0.6) is 0 Å². The summed E-state index contributed by atoms with van der Waals surface area (Å²) in [5, 5.41) is 17.8. The minimum atomic E-state index is -0.425.